The van der Waals surface area contributed by atoms with Gasteiger partial charge in [-0.05, 0) is 24.5 Å². The molecule has 7 heteroatoms. The Morgan fingerprint density at radius 3 is 2.73 bits per heavy atom. The fourth-order valence-electron chi connectivity index (χ4n) is 3.43. The second-order valence-corrected chi connectivity index (χ2v) is 7.30. The van der Waals surface area contributed by atoms with Gasteiger partial charge in [0.15, 0.2) is 11.5 Å². The van der Waals surface area contributed by atoms with Crippen molar-refractivity contribution < 1.29 is 19.1 Å². The number of fused-ring (bicyclic) bond motifs is 1. The Bertz CT molecular complexity index is 677. The summed E-state index contributed by atoms with van der Waals surface area (Å²) >= 11 is 0. The maximum atomic E-state index is 12.6. The zero-order chi connectivity index (χ0) is 18.7. The Kier molecular flexibility index (Phi) is 5.66. The number of carbonyl (C=O) groups excluding carboxylic acids is 2. The van der Waals surface area contributed by atoms with Gasteiger partial charge in [-0.1, -0.05) is 13.8 Å². The number of hydrogen-bond acceptors (Lipinski definition) is 5. The SMILES string of the molecule is CC(C)CC(CN)NC(=O)C1CC(=O)N(c2ccc3c(c2)OCCO3)C1. The fourth-order valence-corrected chi connectivity index (χ4v) is 3.43. The third kappa shape index (κ3) is 4.09. The average molecular weight is 361 g/mol. The molecule has 26 heavy (non-hydrogen) atoms. The van der Waals surface area contributed by atoms with E-state index in [0.717, 1.165) is 12.1 Å². The number of benzene rings is 1. The molecule has 0 saturated carbocycles. The van der Waals surface area contributed by atoms with E-state index in [1.165, 1.54) is 0 Å². The first-order valence-corrected chi connectivity index (χ1v) is 9.18. The third-order valence-corrected chi connectivity index (χ3v) is 4.72. The first-order valence-electron chi connectivity index (χ1n) is 9.18. The Morgan fingerprint density at radius 2 is 2.04 bits per heavy atom. The number of carbonyl (C=O) groups is 2. The van der Waals surface area contributed by atoms with Crippen LogP contribution in [0.25, 0.3) is 0 Å². The van der Waals surface area contributed by atoms with Crippen molar-refractivity contribution in [2.24, 2.45) is 17.6 Å². The second kappa shape index (κ2) is 7.95. The molecule has 2 aliphatic heterocycles. The van der Waals surface area contributed by atoms with Gasteiger partial charge in [0, 0.05) is 37.3 Å². The summed E-state index contributed by atoms with van der Waals surface area (Å²) in [6.07, 6.45) is 1.04. The van der Waals surface area contributed by atoms with Crippen LogP contribution in [0.3, 0.4) is 0 Å². The molecule has 142 valence electrons. The van der Waals surface area contributed by atoms with Crippen molar-refractivity contribution in [1.29, 1.82) is 0 Å². The number of hydrogen-bond donors (Lipinski definition) is 2. The molecular formula is C19H27N3O4. The third-order valence-electron chi connectivity index (χ3n) is 4.72. The molecular weight excluding hydrogens is 334 g/mol. The summed E-state index contributed by atoms with van der Waals surface area (Å²) in [4.78, 5) is 26.6. The lowest BCUT2D eigenvalue weighted by Crippen LogP contribution is -2.44. The highest BCUT2D eigenvalue weighted by molar-refractivity contribution is 6.00. The molecule has 0 spiro atoms. The Hall–Kier alpha value is -2.28. The van der Waals surface area contributed by atoms with Crippen LogP contribution >= 0.6 is 0 Å². The van der Waals surface area contributed by atoms with Gasteiger partial charge in [-0.2, -0.15) is 0 Å². The maximum absolute atomic E-state index is 12.6. The topological polar surface area (TPSA) is 93.9 Å². The van der Waals surface area contributed by atoms with E-state index < -0.39 is 0 Å². The zero-order valence-corrected chi connectivity index (χ0v) is 15.4. The van der Waals surface area contributed by atoms with Crippen LogP contribution in [0, 0.1) is 11.8 Å². The highest BCUT2D eigenvalue weighted by Gasteiger charge is 2.36. The van der Waals surface area contributed by atoms with Crippen LogP contribution in [-0.2, 0) is 9.59 Å². The lowest BCUT2D eigenvalue weighted by Gasteiger charge is -2.23. The molecule has 0 aromatic heterocycles. The molecule has 3 rings (SSSR count). The van der Waals surface area contributed by atoms with Gasteiger partial charge in [0.05, 0.1) is 5.92 Å². The average Bonchev–Trinajstić information content (AvgIpc) is 3.02. The second-order valence-electron chi connectivity index (χ2n) is 7.30. The van der Waals surface area contributed by atoms with Gasteiger partial charge in [0.25, 0.3) is 0 Å². The monoisotopic (exact) mass is 361 g/mol. The first-order chi connectivity index (χ1) is 12.5. The summed E-state index contributed by atoms with van der Waals surface area (Å²) in [5.74, 6) is 1.24. The largest absolute Gasteiger partial charge is 0.486 e. The molecule has 1 aromatic carbocycles. The molecule has 2 amide bonds. The standard InChI is InChI=1S/C19H27N3O4/c1-12(2)7-14(10-20)21-19(24)13-8-18(23)22(11-13)15-3-4-16-17(9-15)26-6-5-25-16/h3-4,9,12-14H,5-8,10-11,20H2,1-2H3,(H,21,24). The number of nitrogens with one attached hydrogen (secondary N) is 1. The minimum atomic E-state index is -0.364. The predicted octanol–water partition coefficient (Wildman–Crippen LogP) is 1.30. The van der Waals surface area contributed by atoms with Crippen molar-refractivity contribution in [2.75, 3.05) is 31.2 Å². The van der Waals surface area contributed by atoms with Gasteiger partial charge in [-0.3, -0.25) is 9.59 Å². The molecule has 2 heterocycles. The summed E-state index contributed by atoms with van der Waals surface area (Å²) in [6.45, 7) is 5.97. The fraction of sp³-hybridized carbons (Fsp3) is 0.579. The molecule has 0 radical (unpaired) electrons. The van der Waals surface area contributed by atoms with Crippen LogP contribution < -0.4 is 25.4 Å². The molecule has 0 bridgehead atoms. The number of anilines is 1. The smallest absolute Gasteiger partial charge is 0.227 e. The van der Waals surface area contributed by atoms with Gasteiger partial charge in [0.2, 0.25) is 11.8 Å². The molecule has 7 nitrogen and oxygen atoms in total. The Labute approximate surface area is 153 Å². The van der Waals surface area contributed by atoms with Crippen molar-refractivity contribution >= 4 is 17.5 Å². The van der Waals surface area contributed by atoms with E-state index in [-0.39, 0.29) is 30.2 Å². The van der Waals surface area contributed by atoms with E-state index in [1.54, 1.807) is 17.0 Å². The lowest BCUT2D eigenvalue weighted by molar-refractivity contribution is -0.127. The molecule has 2 aliphatic rings. The van der Waals surface area contributed by atoms with Gasteiger partial charge >= 0.3 is 0 Å². The predicted molar refractivity (Wildman–Crippen MR) is 98.3 cm³/mol. The van der Waals surface area contributed by atoms with E-state index in [1.807, 2.05) is 6.07 Å². The van der Waals surface area contributed by atoms with Gasteiger partial charge < -0.3 is 25.4 Å². The molecule has 2 atom stereocenters. The van der Waals surface area contributed by atoms with E-state index in [4.69, 9.17) is 15.2 Å². The summed E-state index contributed by atoms with van der Waals surface area (Å²) < 4.78 is 11.1. The van der Waals surface area contributed by atoms with E-state index in [9.17, 15) is 9.59 Å². The number of amides is 2. The lowest BCUT2D eigenvalue weighted by atomic mass is 10.0. The first kappa shape index (κ1) is 18.5. The highest BCUT2D eigenvalue weighted by atomic mass is 16.6. The van der Waals surface area contributed by atoms with E-state index in [2.05, 4.69) is 19.2 Å². The van der Waals surface area contributed by atoms with E-state index >= 15 is 0 Å². The van der Waals surface area contributed by atoms with Crippen LogP contribution in [0.4, 0.5) is 5.69 Å². The molecule has 1 aromatic rings. The van der Waals surface area contributed by atoms with Crippen LogP contribution in [0.1, 0.15) is 26.7 Å². The number of rotatable bonds is 6. The summed E-state index contributed by atoms with van der Waals surface area (Å²) in [7, 11) is 0. The highest BCUT2D eigenvalue weighted by Crippen LogP contribution is 2.36. The van der Waals surface area contributed by atoms with Crippen LogP contribution in [-0.4, -0.2) is 44.2 Å². The normalized spacial score (nSPS) is 20.4. The minimum Gasteiger partial charge on any atom is -0.486 e. The van der Waals surface area contributed by atoms with Crippen molar-refractivity contribution in [3.05, 3.63) is 18.2 Å². The number of ether oxygens (including phenoxy) is 2. The van der Waals surface area contributed by atoms with E-state index in [0.29, 0.717) is 43.7 Å². The molecule has 0 aliphatic carbocycles. The van der Waals surface area contributed by atoms with Crippen LogP contribution in [0.15, 0.2) is 18.2 Å². The number of nitrogens with zero attached hydrogens (tertiary/aromatic N) is 1. The molecule has 3 N–H and O–H groups in total. The van der Waals surface area contributed by atoms with Crippen LogP contribution in [0.5, 0.6) is 11.5 Å². The quantitative estimate of drug-likeness (QED) is 0.797. The molecule has 1 fully saturated rings. The van der Waals surface area contributed by atoms with Crippen molar-refractivity contribution in [2.45, 2.75) is 32.7 Å². The van der Waals surface area contributed by atoms with Gasteiger partial charge in [-0.25, -0.2) is 0 Å². The van der Waals surface area contributed by atoms with Crippen molar-refractivity contribution in [3.63, 3.8) is 0 Å². The Morgan fingerprint density at radius 1 is 1.31 bits per heavy atom. The van der Waals surface area contributed by atoms with Gasteiger partial charge in [0.1, 0.15) is 13.2 Å². The minimum absolute atomic E-state index is 0.0547. The van der Waals surface area contributed by atoms with Crippen molar-refractivity contribution in [3.8, 4) is 11.5 Å². The molecule has 1 saturated heterocycles. The summed E-state index contributed by atoms with van der Waals surface area (Å²) in [6, 6.07) is 5.37. The Balaban J connectivity index is 1.65. The summed E-state index contributed by atoms with van der Waals surface area (Å²) in [5, 5.41) is 2.99. The summed E-state index contributed by atoms with van der Waals surface area (Å²) in [5.41, 5.74) is 6.49. The van der Waals surface area contributed by atoms with Crippen molar-refractivity contribution in [1.82, 2.24) is 5.32 Å². The molecule has 2 unspecified atom stereocenters. The number of nitrogens with two attached hydrogens (primary N) is 1. The maximum Gasteiger partial charge on any atom is 0.227 e. The zero-order valence-electron chi connectivity index (χ0n) is 15.4. The van der Waals surface area contributed by atoms with Crippen LogP contribution in [0.2, 0.25) is 0 Å². The van der Waals surface area contributed by atoms with Gasteiger partial charge in [-0.15, -0.1) is 0 Å².